The molecule has 0 unspecified atom stereocenters. The van der Waals surface area contributed by atoms with Gasteiger partial charge in [-0.05, 0) is 119 Å². The van der Waals surface area contributed by atoms with Gasteiger partial charge in [-0.2, -0.15) is 0 Å². The molecule has 2 fully saturated rings. The summed E-state index contributed by atoms with van der Waals surface area (Å²) >= 11 is 7.22. The number of aliphatic imine (C=N–C) groups is 4. The molecule has 10 aromatic carbocycles. The van der Waals surface area contributed by atoms with E-state index >= 15 is 0 Å². The average molecular weight is 1310 g/mol. The van der Waals surface area contributed by atoms with Crippen LogP contribution in [0, 0.1) is 42.5 Å². The van der Waals surface area contributed by atoms with Crippen molar-refractivity contribution in [2.75, 3.05) is 23.0 Å². The van der Waals surface area contributed by atoms with Crippen LogP contribution >= 0.6 is 47.0 Å². The molecule has 0 aromatic heterocycles. The molecule has 0 spiro atoms. The first kappa shape index (κ1) is 71.5. The summed E-state index contributed by atoms with van der Waals surface area (Å²) in [6.07, 6.45) is 0. The fraction of sp³-hybridized carbons (Fsp3) is 0.103. The van der Waals surface area contributed by atoms with Gasteiger partial charge in [0.1, 0.15) is 20.2 Å². The Morgan fingerprint density at radius 2 is 0.443 bits per heavy atom. The summed E-state index contributed by atoms with van der Waals surface area (Å²) in [5.41, 5.74) is 22.5. The molecule has 0 atom stereocenters. The maximum absolute atomic E-state index is 5.68. The first-order valence-corrected chi connectivity index (χ1v) is 32.0. The van der Waals surface area contributed by atoms with Gasteiger partial charge in [-0.25, -0.2) is 20.0 Å². The Hall–Kier alpha value is -7.25. The van der Waals surface area contributed by atoms with Crippen LogP contribution in [0.5, 0.6) is 0 Å². The van der Waals surface area contributed by atoms with Crippen LogP contribution in [0.25, 0.3) is 66.8 Å². The molecule has 4 nitrogen and oxygen atoms in total. The van der Waals surface area contributed by atoms with Crippen molar-refractivity contribution in [3.8, 4) is 66.8 Å². The Labute approximate surface area is 561 Å². The van der Waals surface area contributed by atoms with Gasteiger partial charge in [-0.15, -0.1) is 73.4 Å². The summed E-state index contributed by atoms with van der Waals surface area (Å²) in [5.74, 6) is 4.08. The summed E-state index contributed by atoms with van der Waals surface area (Å²) in [7, 11) is 0. The van der Waals surface area contributed by atoms with Crippen molar-refractivity contribution in [3.05, 3.63) is 306 Å². The van der Waals surface area contributed by atoms with Gasteiger partial charge in [-0.3, -0.25) is 0 Å². The van der Waals surface area contributed by atoms with Crippen molar-refractivity contribution < 1.29 is 33.0 Å². The van der Waals surface area contributed by atoms with E-state index in [9.17, 15) is 0 Å². The van der Waals surface area contributed by atoms with Crippen LogP contribution in [0.2, 0.25) is 0 Å². The molecule has 2 aliphatic heterocycles. The maximum atomic E-state index is 5.68. The van der Waals surface area contributed by atoms with Crippen LogP contribution in [0.3, 0.4) is 0 Å². The molecule has 0 amide bonds. The van der Waals surface area contributed by atoms with E-state index in [1.165, 1.54) is 33.4 Å². The SMILES string of the molecule is C=C.C=C.Cc1cccc(C)c1N=C1SCCSC1=Nc1c(C)cccc1C.[CH3-].[CH3-].[Ni].[Ni].c1ccc(-c2cc(-c3ccccc3)c(N=C3SCCSC3=Nc3c(-c4ccccc4)cc(-c4ccccc4)cc3-c3ccccc3)c(-c3ccccc3)c2)cc1. The van der Waals surface area contributed by atoms with Gasteiger partial charge in [-0.1, -0.05) is 218 Å². The number of thioether (sulfide) groups is 4. The standard InChI is InChI=1S/C52H38N2S2.C20H22N2S2.2C2H4.2CH3.2Ni/c1-7-19-37(20-8-1)43-33-45(39-23-11-3-12-24-39)49(46(34-43)40-25-13-4-14-26-40)53-51-52(56-32-31-55-51)54-50-47(41-27-15-5-16-28-41)35-44(38-21-9-2-10-22-38)36-48(50)42-29-17-6-18-30-42;1-13-7-5-8-14(2)17(13)21-19-20(24-12-11-23-19)22-18-15(3)9-6-10-16(18)4;2*1-2;;;;/h1-30,33-36H,31-32H2;5-10H,11-12H2,1-4H3;2*1-2H2;2*1H3;;/q;;;;2*-1;;. The zero-order chi connectivity index (χ0) is 58.6. The first-order valence-electron chi connectivity index (χ1n) is 28.0. The third-order valence-electron chi connectivity index (χ3n) is 14.0. The number of hydrogen-bond donors (Lipinski definition) is 0. The molecule has 10 heteroatoms. The second-order valence-electron chi connectivity index (χ2n) is 19.6. The van der Waals surface area contributed by atoms with Crippen LogP contribution < -0.4 is 0 Å². The van der Waals surface area contributed by atoms with E-state index in [0.717, 1.165) is 122 Å². The third kappa shape index (κ3) is 18.0. The van der Waals surface area contributed by atoms with Gasteiger partial charge in [0.25, 0.3) is 0 Å². The van der Waals surface area contributed by atoms with Crippen molar-refractivity contribution >= 4 is 90.0 Å². The molecule has 2 saturated heterocycles. The normalized spacial score (nSPS) is 14.1. The molecule has 452 valence electrons. The van der Waals surface area contributed by atoms with E-state index in [4.69, 9.17) is 20.0 Å². The minimum absolute atomic E-state index is 0. The molecule has 10 aromatic rings. The minimum Gasteiger partial charge on any atom is -0.358 e. The molecule has 88 heavy (non-hydrogen) atoms. The van der Waals surface area contributed by atoms with Crippen LogP contribution in [0.4, 0.5) is 22.7 Å². The Kier molecular flexibility index (Phi) is 29.5. The van der Waals surface area contributed by atoms with Gasteiger partial charge < -0.3 is 14.9 Å². The quantitative estimate of drug-likeness (QED) is 0.0778. The van der Waals surface area contributed by atoms with Crippen molar-refractivity contribution in [1.29, 1.82) is 0 Å². The van der Waals surface area contributed by atoms with E-state index in [0.29, 0.717) is 0 Å². The van der Waals surface area contributed by atoms with Crippen LogP contribution in [-0.4, -0.2) is 43.2 Å². The average Bonchev–Trinajstić information content (AvgIpc) is 2.52. The van der Waals surface area contributed by atoms with Crippen molar-refractivity contribution in [1.82, 2.24) is 0 Å². The number of hydrogen-bond acceptors (Lipinski definition) is 8. The van der Waals surface area contributed by atoms with Crippen LogP contribution in [0.1, 0.15) is 22.3 Å². The predicted octanol–water partition coefficient (Wildman–Crippen LogP) is 23.6. The van der Waals surface area contributed by atoms with E-state index in [-0.39, 0.29) is 47.8 Å². The molecule has 2 heterocycles. The number of aryl methyl sites for hydroxylation is 4. The molecule has 12 rings (SSSR count). The molecule has 0 radical (unpaired) electrons. The zero-order valence-electron chi connectivity index (χ0n) is 50.8. The van der Waals surface area contributed by atoms with E-state index in [1.807, 2.05) is 23.5 Å². The second kappa shape index (κ2) is 36.3. The van der Waals surface area contributed by atoms with Crippen molar-refractivity contribution in [2.45, 2.75) is 27.7 Å². The number of nitrogens with zero attached hydrogens (tertiary/aromatic N) is 4. The fourth-order valence-electron chi connectivity index (χ4n) is 9.95. The van der Waals surface area contributed by atoms with Gasteiger partial charge in [0.05, 0.1) is 22.7 Å². The summed E-state index contributed by atoms with van der Waals surface area (Å²) in [4.78, 5) is 21.3. The smallest absolute Gasteiger partial charge is 0.129 e. The molecular weight excluding hydrogens is 1240 g/mol. The molecule has 0 bridgehead atoms. The molecule has 0 aliphatic carbocycles. The predicted molar refractivity (Wildman–Crippen MR) is 391 cm³/mol. The Bertz CT molecular complexity index is 3530. The van der Waals surface area contributed by atoms with Crippen molar-refractivity contribution in [2.24, 2.45) is 20.0 Å². The van der Waals surface area contributed by atoms with Gasteiger partial charge in [0, 0.05) is 78.2 Å². The Morgan fingerprint density at radius 1 is 0.250 bits per heavy atom. The van der Waals surface area contributed by atoms with E-state index < -0.39 is 0 Å². The van der Waals surface area contributed by atoms with Gasteiger partial charge in [0.2, 0.25) is 0 Å². The molecule has 2 aliphatic rings. The third-order valence-corrected chi connectivity index (χ3v) is 18.6. The van der Waals surface area contributed by atoms with Gasteiger partial charge in [0.15, 0.2) is 0 Å². The topological polar surface area (TPSA) is 49.4 Å². The summed E-state index contributed by atoms with van der Waals surface area (Å²) in [6.45, 7) is 20.5. The summed E-state index contributed by atoms with van der Waals surface area (Å²) < 4.78 is 0. The van der Waals surface area contributed by atoms with Crippen molar-refractivity contribution in [3.63, 3.8) is 0 Å². The van der Waals surface area contributed by atoms with E-state index in [2.05, 4.69) is 297 Å². The fourth-order valence-corrected chi connectivity index (χ4v) is 14.1. The first-order chi connectivity index (χ1) is 41.3. The number of benzene rings is 10. The van der Waals surface area contributed by atoms with Crippen LogP contribution in [0.15, 0.2) is 289 Å². The number of para-hydroxylation sites is 2. The Balaban J connectivity index is 0.000000373. The second-order valence-corrected chi connectivity index (χ2v) is 23.9. The zero-order valence-corrected chi connectivity index (χ0v) is 56.0. The summed E-state index contributed by atoms with van der Waals surface area (Å²) in [5, 5.41) is 3.97. The molecule has 0 saturated carbocycles. The number of rotatable bonds is 10. The summed E-state index contributed by atoms with van der Waals surface area (Å²) in [6, 6.07) is 85.8. The van der Waals surface area contributed by atoms with Crippen LogP contribution in [-0.2, 0) is 33.0 Å². The minimum atomic E-state index is 0. The largest absolute Gasteiger partial charge is 0.358 e. The Morgan fingerprint density at radius 3 is 0.659 bits per heavy atom. The van der Waals surface area contributed by atoms with Gasteiger partial charge >= 0.3 is 0 Å². The maximum Gasteiger partial charge on any atom is 0.129 e. The monoisotopic (exact) mass is 1310 g/mol. The molecular formula is C78H74N4Ni2S4-2. The molecule has 0 N–H and O–H groups in total. The van der Waals surface area contributed by atoms with E-state index in [1.54, 1.807) is 23.5 Å².